The summed E-state index contributed by atoms with van der Waals surface area (Å²) in [6.45, 7) is 13.7. The van der Waals surface area contributed by atoms with E-state index in [1.165, 1.54) is 6.08 Å². The second-order valence-corrected chi connectivity index (χ2v) is 8.12. The van der Waals surface area contributed by atoms with Crippen LogP contribution >= 0.6 is 0 Å². The first-order valence-corrected chi connectivity index (χ1v) is 8.26. The van der Waals surface area contributed by atoms with Crippen LogP contribution in [-0.2, 0) is 18.8 Å². The van der Waals surface area contributed by atoms with E-state index in [4.69, 9.17) is 14.0 Å². The quantitative estimate of drug-likeness (QED) is 0.484. The lowest BCUT2D eigenvalue weighted by molar-refractivity contribution is -0.148. The van der Waals surface area contributed by atoms with Gasteiger partial charge in [-0.15, -0.1) is 0 Å². The lowest BCUT2D eigenvalue weighted by Gasteiger charge is -2.32. The summed E-state index contributed by atoms with van der Waals surface area (Å²) in [5, 5.41) is 0. The van der Waals surface area contributed by atoms with Gasteiger partial charge in [0.2, 0.25) is 0 Å². The highest BCUT2D eigenvalue weighted by atomic mass is 16.7. The molecule has 1 aromatic rings. The van der Waals surface area contributed by atoms with Crippen LogP contribution < -0.4 is 5.46 Å². The average molecular weight is 330 g/mol. The van der Waals surface area contributed by atoms with Crippen LogP contribution in [0.5, 0.6) is 0 Å². The smallest absolute Gasteiger partial charge is 0.457 e. The Morgan fingerprint density at radius 3 is 2.00 bits per heavy atom. The number of carbonyl (C=O) groups excluding carboxylic acids is 1. The van der Waals surface area contributed by atoms with E-state index in [0.717, 1.165) is 11.0 Å². The molecule has 5 heteroatoms. The van der Waals surface area contributed by atoms with E-state index in [-0.39, 0.29) is 24.3 Å². The van der Waals surface area contributed by atoms with Crippen molar-refractivity contribution in [2.45, 2.75) is 65.3 Å². The minimum atomic E-state index is -0.484. The third-order valence-electron chi connectivity index (χ3n) is 4.28. The molecule has 1 aliphatic rings. The van der Waals surface area contributed by atoms with Gasteiger partial charge in [0, 0.05) is 6.08 Å². The molecular formula is C19H27BO4. The number of carbonyl (C=O) groups is 1. The topological polar surface area (TPSA) is 44.8 Å². The summed E-state index contributed by atoms with van der Waals surface area (Å²) in [5.41, 5.74) is 0.686. The second kappa shape index (κ2) is 6.38. The van der Waals surface area contributed by atoms with Crippen molar-refractivity contribution < 1.29 is 18.8 Å². The molecule has 4 nitrogen and oxygen atoms in total. The number of esters is 1. The Morgan fingerprint density at radius 2 is 1.54 bits per heavy atom. The summed E-state index contributed by atoms with van der Waals surface area (Å²) in [7, 11) is -0.376. The molecule has 0 radical (unpaired) electrons. The molecule has 0 spiro atoms. The first kappa shape index (κ1) is 18.7. The lowest BCUT2D eigenvalue weighted by Crippen LogP contribution is -2.41. The monoisotopic (exact) mass is 330 g/mol. The normalized spacial score (nSPS) is 19.7. The van der Waals surface area contributed by atoms with Crippen LogP contribution in [0.4, 0.5) is 0 Å². The molecule has 1 fully saturated rings. The van der Waals surface area contributed by atoms with E-state index < -0.39 is 5.60 Å². The van der Waals surface area contributed by atoms with Crippen molar-refractivity contribution in [2.24, 2.45) is 0 Å². The Labute approximate surface area is 145 Å². The number of hydrogen-bond donors (Lipinski definition) is 0. The molecule has 0 N–H and O–H groups in total. The molecule has 0 aromatic heterocycles. The minimum Gasteiger partial charge on any atom is -0.457 e. The summed E-state index contributed by atoms with van der Waals surface area (Å²) in [6, 6.07) is 7.77. The van der Waals surface area contributed by atoms with Crippen LogP contribution in [0.15, 0.2) is 30.3 Å². The van der Waals surface area contributed by atoms with Gasteiger partial charge in [-0.25, -0.2) is 4.79 Å². The van der Waals surface area contributed by atoms with Gasteiger partial charge in [-0.2, -0.15) is 0 Å². The Balaban J connectivity index is 2.03. The fourth-order valence-corrected chi connectivity index (χ4v) is 2.24. The Bertz CT molecular complexity index is 608. The van der Waals surface area contributed by atoms with Crippen molar-refractivity contribution in [3.63, 3.8) is 0 Å². The molecule has 1 heterocycles. The van der Waals surface area contributed by atoms with Crippen LogP contribution in [0.25, 0.3) is 6.08 Å². The van der Waals surface area contributed by atoms with Gasteiger partial charge in [0.15, 0.2) is 0 Å². The highest BCUT2D eigenvalue weighted by molar-refractivity contribution is 6.62. The second-order valence-electron chi connectivity index (χ2n) is 8.12. The van der Waals surface area contributed by atoms with Crippen molar-refractivity contribution in [3.05, 3.63) is 35.9 Å². The molecule has 0 saturated carbocycles. The molecule has 24 heavy (non-hydrogen) atoms. The summed E-state index contributed by atoms with van der Waals surface area (Å²) < 4.78 is 17.3. The van der Waals surface area contributed by atoms with E-state index in [2.05, 4.69) is 0 Å². The molecule has 0 unspecified atom stereocenters. The largest absolute Gasteiger partial charge is 0.494 e. The average Bonchev–Trinajstić information content (AvgIpc) is 2.64. The highest BCUT2D eigenvalue weighted by Crippen LogP contribution is 2.36. The fraction of sp³-hybridized carbons (Fsp3) is 0.526. The lowest BCUT2D eigenvalue weighted by atomic mass is 9.79. The highest BCUT2D eigenvalue weighted by Gasteiger charge is 2.51. The van der Waals surface area contributed by atoms with Gasteiger partial charge >= 0.3 is 13.1 Å². The molecule has 0 aliphatic carbocycles. The van der Waals surface area contributed by atoms with Crippen molar-refractivity contribution in [1.82, 2.24) is 0 Å². The van der Waals surface area contributed by atoms with Gasteiger partial charge in [-0.3, -0.25) is 0 Å². The number of ether oxygens (including phenoxy) is 1. The summed E-state index contributed by atoms with van der Waals surface area (Å²) in [6.07, 6.45) is 3.18. The Morgan fingerprint density at radius 1 is 1.04 bits per heavy atom. The first-order chi connectivity index (χ1) is 10.9. The number of hydrogen-bond acceptors (Lipinski definition) is 4. The van der Waals surface area contributed by atoms with Crippen LogP contribution in [0.1, 0.15) is 54.0 Å². The SMILES string of the molecule is CC(C)(C)OC(=O)/C=C/c1ccc(B2OC(C)(C)C(C)(C)O2)cc1. The molecule has 1 aliphatic heterocycles. The third kappa shape index (κ3) is 4.49. The van der Waals surface area contributed by atoms with Crippen LogP contribution in [-0.4, -0.2) is 29.9 Å². The van der Waals surface area contributed by atoms with Crippen molar-refractivity contribution in [1.29, 1.82) is 0 Å². The number of benzene rings is 1. The van der Waals surface area contributed by atoms with Gasteiger partial charge in [0.05, 0.1) is 11.2 Å². The van der Waals surface area contributed by atoms with Gasteiger partial charge < -0.3 is 14.0 Å². The van der Waals surface area contributed by atoms with Gasteiger partial charge in [-0.1, -0.05) is 24.3 Å². The predicted octanol–water partition coefficient (Wildman–Crippen LogP) is 3.34. The fourth-order valence-electron chi connectivity index (χ4n) is 2.24. The minimum absolute atomic E-state index is 0.350. The summed E-state index contributed by atoms with van der Waals surface area (Å²) >= 11 is 0. The molecule has 130 valence electrons. The van der Waals surface area contributed by atoms with E-state index in [0.29, 0.717) is 0 Å². The molecule has 0 bridgehead atoms. The molecule has 1 aromatic carbocycles. The molecule has 0 amide bonds. The standard InChI is InChI=1S/C19H27BO4/c1-17(2,3)22-16(21)13-10-14-8-11-15(12-9-14)20-23-18(4,5)19(6,7)24-20/h8-13H,1-7H3/b13-10+. The van der Waals surface area contributed by atoms with Crippen LogP contribution in [0, 0.1) is 0 Å². The zero-order valence-electron chi connectivity index (χ0n) is 15.7. The number of rotatable bonds is 3. The van der Waals surface area contributed by atoms with Gasteiger partial charge in [-0.05, 0) is 65.6 Å². The molecule has 1 saturated heterocycles. The molecule has 0 atom stereocenters. The Kier molecular flexibility index (Phi) is 4.98. The predicted molar refractivity (Wildman–Crippen MR) is 97.0 cm³/mol. The maximum absolute atomic E-state index is 11.7. The maximum atomic E-state index is 11.7. The zero-order chi connectivity index (χ0) is 18.2. The van der Waals surface area contributed by atoms with Crippen molar-refractivity contribution >= 4 is 24.6 Å². The van der Waals surface area contributed by atoms with E-state index in [1.807, 2.05) is 72.7 Å². The Hall–Kier alpha value is -1.59. The summed E-state index contributed by atoms with van der Waals surface area (Å²) in [4.78, 5) is 11.7. The van der Waals surface area contributed by atoms with Crippen molar-refractivity contribution in [2.75, 3.05) is 0 Å². The molecular weight excluding hydrogens is 303 g/mol. The van der Waals surface area contributed by atoms with E-state index in [1.54, 1.807) is 6.08 Å². The maximum Gasteiger partial charge on any atom is 0.494 e. The van der Waals surface area contributed by atoms with Gasteiger partial charge in [0.25, 0.3) is 0 Å². The van der Waals surface area contributed by atoms with Gasteiger partial charge in [0.1, 0.15) is 5.60 Å². The van der Waals surface area contributed by atoms with E-state index in [9.17, 15) is 4.79 Å². The van der Waals surface area contributed by atoms with Crippen LogP contribution in [0.2, 0.25) is 0 Å². The first-order valence-electron chi connectivity index (χ1n) is 8.26. The van der Waals surface area contributed by atoms with Crippen LogP contribution in [0.3, 0.4) is 0 Å². The van der Waals surface area contributed by atoms with Crippen molar-refractivity contribution in [3.8, 4) is 0 Å². The third-order valence-corrected chi connectivity index (χ3v) is 4.28. The van der Waals surface area contributed by atoms with E-state index >= 15 is 0 Å². The zero-order valence-corrected chi connectivity index (χ0v) is 15.7. The molecule has 2 rings (SSSR count). The summed E-state index contributed by atoms with van der Waals surface area (Å²) in [5.74, 6) is -0.350.